The van der Waals surface area contributed by atoms with Crippen LogP contribution in [0.1, 0.15) is 5.69 Å². The summed E-state index contributed by atoms with van der Waals surface area (Å²) in [5, 5.41) is 10.6. The lowest BCUT2D eigenvalue weighted by atomic mass is 10.4. The zero-order valence-electron chi connectivity index (χ0n) is 10.4. The van der Waals surface area contributed by atoms with Gasteiger partial charge in [-0.25, -0.2) is 8.42 Å². The Morgan fingerprint density at radius 2 is 1.95 bits per heavy atom. The van der Waals surface area contributed by atoms with Crippen molar-refractivity contribution in [3.05, 3.63) is 46.9 Å². The maximum Gasteiger partial charge on any atom is 0.225 e. The molecule has 0 radical (unpaired) electrons. The van der Waals surface area contributed by atoms with Crippen molar-refractivity contribution in [1.82, 2.24) is 0 Å². The standard InChI is InChI=1S/C6H10NOS.C6H6O3S/c1-6-4-9-5-7(6)2-3-8;7-10(8,9)6-4-2-1-3-5-6/h4-5,8H,2-3H2,1H3;1-5H,(H,7,8,9)/q+1;/p-1. The monoisotopic (exact) mass is 301 g/mol. The predicted octanol–water partition coefficient (Wildman–Crippen LogP) is 0.927. The van der Waals surface area contributed by atoms with Gasteiger partial charge in [0, 0.05) is 6.92 Å². The normalized spacial score (nSPS) is 10.7. The summed E-state index contributed by atoms with van der Waals surface area (Å²) < 4.78 is 32.9. The minimum absolute atomic E-state index is 0.185. The fourth-order valence-corrected chi connectivity index (χ4v) is 2.58. The van der Waals surface area contributed by atoms with Crippen LogP contribution >= 0.6 is 11.3 Å². The molecule has 0 atom stereocenters. The number of hydrogen-bond donors (Lipinski definition) is 1. The Bertz CT molecular complexity index is 593. The number of aryl methyl sites for hydroxylation is 1. The van der Waals surface area contributed by atoms with Gasteiger partial charge in [0.1, 0.15) is 16.7 Å². The SMILES string of the molecule is Cc1csc[n+]1CCO.O=S(=O)([O-])c1ccccc1. The number of aromatic nitrogens is 1. The van der Waals surface area contributed by atoms with E-state index in [-0.39, 0.29) is 11.5 Å². The summed E-state index contributed by atoms with van der Waals surface area (Å²) in [5.41, 5.74) is 3.22. The molecular weight excluding hydrogens is 286 g/mol. The molecule has 0 bridgehead atoms. The largest absolute Gasteiger partial charge is 0.744 e. The van der Waals surface area contributed by atoms with Crippen LogP contribution in [0.15, 0.2) is 46.1 Å². The topological polar surface area (TPSA) is 81.3 Å². The lowest BCUT2D eigenvalue weighted by Crippen LogP contribution is -2.35. The van der Waals surface area contributed by atoms with Crippen molar-refractivity contribution in [1.29, 1.82) is 0 Å². The van der Waals surface area contributed by atoms with Crippen LogP contribution in [-0.4, -0.2) is 24.7 Å². The highest BCUT2D eigenvalue weighted by atomic mass is 32.2. The van der Waals surface area contributed by atoms with E-state index < -0.39 is 10.1 Å². The van der Waals surface area contributed by atoms with Gasteiger partial charge in [0.2, 0.25) is 5.51 Å². The van der Waals surface area contributed by atoms with E-state index in [9.17, 15) is 13.0 Å². The van der Waals surface area contributed by atoms with Crippen molar-refractivity contribution in [3.63, 3.8) is 0 Å². The van der Waals surface area contributed by atoms with Crippen LogP contribution in [0.5, 0.6) is 0 Å². The highest BCUT2D eigenvalue weighted by molar-refractivity contribution is 7.85. The van der Waals surface area contributed by atoms with Gasteiger partial charge >= 0.3 is 0 Å². The van der Waals surface area contributed by atoms with Crippen LogP contribution in [0.25, 0.3) is 0 Å². The van der Waals surface area contributed by atoms with Gasteiger partial charge in [-0.15, -0.1) is 0 Å². The third-order valence-corrected chi connectivity index (χ3v) is 3.96. The minimum Gasteiger partial charge on any atom is -0.744 e. The second kappa shape index (κ2) is 7.34. The number of aliphatic hydroxyl groups excluding tert-OH is 1. The first-order chi connectivity index (χ1) is 8.95. The van der Waals surface area contributed by atoms with Gasteiger partial charge in [0.15, 0.2) is 12.2 Å². The third-order valence-electron chi connectivity index (χ3n) is 2.25. The van der Waals surface area contributed by atoms with Crippen LogP contribution in [0, 0.1) is 6.92 Å². The first kappa shape index (κ1) is 15.8. The summed E-state index contributed by atoms with van der Waals surface area (Å²) in [6.45, 7) is 2.98. The van der Waals surface area contributed by atoms with E-state index in [1.165, 1.54) is 30.0 Å². The van der Waals surface area contributed by atoms with Gasteiger partial charge in [0.25, 0.3) is 0 Å². The molecule has 1 aromatic carbocycles. The van der Waals surface area contributed by atoms with E-state index in [2.05, 4.69) is 5.38 Å². The zero-order valence-corrected chi connectivity index (χ0v) is 12.0. The van der Waals surface area contributed by atoms with Crippen molar-refractivity contribution in [2.45, 2.75) is 18.4 Å². The Hall–Kier alpha value is -1.28. The van der Waals surface area contributed by atoms with Gasteiger partial charge in [-0.2, -0.15) is 4.57 Å². The summed E-state index contributed by atoms with van der Waals surface area (Å²) in [7, 11) is -4.25. The fraction of sp³-hybridized carbons (Fsp3) is 0.250. The molecule has 1 N–H and O–H groups in total. The van der Waals surface area contributed by atoms with Gasteiger partial charge < -0.3 is 9.66 Å². The van der Waals surface area contributed by atoms with Gasteiger partial charge in [-0.05, 0) is 12.1 Å². The van der Waals surface area contributed by atoms with Crippen LogP contribution in [0.2, 0.25) is 0 Å². The van der Waals surface area contributed by atoms with Crippen LogP contribution < -0.4 is 4.57 Å². The summed E-state index contributed by atoms with van der Waals surface area (Å²) >= 11 is 1.66. The Kier molecular flexibility index (Phi) is 6.10. The molecule has 104 valence electrons. The summed E-state index contributed by atoms with van der Waals surface area (Å²) in [6, 6.07) is 7.19. The van der Waals surface area contributed by atoms with Gasteiger partial charge in [-0.1, -0.05) is 29.5 Å². The van der Waals surface area contributed by atoms with Crippen LogP contribution in [-0.2, 0) is 16.7 Å². The molecule has 1 aromatic heterocycles. The molecule has 5 nitrogen and oxygen atoms in total. The molecule has 0 amide bonds. The molecule has 0 aliphatic rings. The lowest BCUT2D eigenvalue weighted by molar-refractivity contribution is -0.699. The lowest BCUT2D eigenvalue weighted by Gasteiger charge is -2.04. The molecule has 0 unspecified atom stereocenters. The molecule has 0 aliphatic carbocycles. The zero-order chi connectivity index (χ0) is 14.3. The van der Waals surface area contributed by atoms with Crippen molar-refractivity contribution >= 4 is 21.5 Å². The molecule has 2 rings (SSSR count). The quantitative estimate of drug-likeness (QED) is 0.675. The summed E-state index contributed by atoms with van der Waals surface area (Å²) in [4.78, 5) is -0.185. The van der Waals surface area contributed by atoms with Crippen LogP contribution in [0.4, 0.5) is 0 Å². The second-order valence-corrected chi connectivity index (χ2v) is 5.78. The molecule has 0 saturated carbocycles. The smallest absolute Gasteiger partial charge is 0.225 e. The molecule has 0 aliphatic heterocycles. The van der Waals surface area contributed by atoms with E-state index in [4.69, 9.17) is 5.11 Å². The Morgan fingerprint density at radius 3 is 2.32 bits per heavy atom. The Morgan fingerprint density at radius 1 is 1.32 bits per heavy atom. The number of aliphatic hydroxyl groups is 1. The minimum atomic E-state index is -4.25. The van der Waals surface area contributed by atoms with E-state index in [1.54, 1.807) is 17.4 Å². The number of nitrogens with zero attached hydrogens (tertiary/aromatic N) is 1. The van der Waals surface area contributed by atoms with Gasteiger partial charge in [-0.3, -0.25) is 0 Å². The third kappa shape index (κ3) is 5.48. The average Bonchev–Trinajstić information content (AvgIpc) is 2.77. The molecule has 0 fully saturated rings. The first-order valence-corrected chi connectivity index (χ1v) is 7.84. The summed E-state index contributed by atoms with van der Waals surface area (Å²) in [5.74, 6) is 0. The fourth-order valence-electron chi connectivity index (χ4n) is 1.28. The number of thiazole rings is 1. The maximum absolute atomic E-state index is 10.3. The van der Waals surface area contributed by atoms with Crippen molar-refractivity contribution in [2.24, 2.45) is 0 Å². The summed E-state index contributed by atoms with van der Waals surface area (Å²) in [6.07, 6.45) is 0. The molecular formula is C12H15NO4S2. The van der Waals surface area contributed by atoms with E-state index in [0.717, 1.165) is 6.54 Å². The molecule has 19 heavy (non-hydrogen) atoms. The molecule has 0 spiro atoms. The van der Waals surface area contributed by atoms with Crippen LogP contribution in [0.3, 0.4) is 0 Å². The molecule has 1 heterocycles. The second-order valence-electron chi connectivity index (χ2n) is 3.68. The first-order valence-electron chi connectivity index (χ1n) is 5.49. The molecule has 0 saturated heterocycles. The van der Waals surface area contributed by atoms with Crippen molar-refractivity contribution in [2.75, 3.05) is 6.61 Å². The van der Waals surface area contributed by atoms with Gasteiger partial charge in [0.05, 0.1) is 10.3 Å². The number of benzene rings is 1. The van der Waals surface area contributed by atoms with E-state index in [1.807, 2.05) is 17.0 Å². The molecule has 7 heteroatoms. The van der Waals surface area contributed by atoms with Crippen molar-refractivity contribution < 1.29 is 22.6 Å². The maximum atomic E-state index is 10.3. The highest BCUT2D eigenvalue weighted by Crippen LogP contribution is 2.04. The predicted molar refractivity (Wildman–Crippen MR) is 70.7 cm³/mol. The number of rotatable bonds is 3. The average molecular weight is 301 g/mol. The van der Waals surface area contributed by atoms with E-state index in [0.29, 0.717) is 0 Å². The highest BCUT2D eigenvalue weighted by Gasteiger charge is 2.03. The Balaban J connectivity index is 0.000000191. The van der Waals surface area contributed by atoms with Crippen molar-refractivity contribution in [3.8, 4) is 0 Å². The van der Waals surface area contributed by atoms with E-state index >= 15 is 0 Å². The number of hydrogen-bond acceptors (Lipinski definition) is 5. The Labute approximate surface area is 116 Å². The molecule has 2 aromatic rings.